The normalized spacial score (nSPS) is 13.8. The molecule has 34 heavy (non-hydrogen) atoms. The van der Waals surface area contributed by atoms with Gasteiger partial charge in [-0.3, -0.25) is 0 Å². The van der Waals surface area contributed by atoms with Crippen molar-refractivity contribution in [3.63, 3.8) is 0 Å². The molecule has 0 aromatic heterocycles. The van der Waals surface area contributed by atoms with E-state index in [0.29, 0.717) is 26.4 Å². The van der Waals surface area contributed by atoms with Crippen LogP contribution in [0.25, 0.3) is 0 Å². The SMILES string of the molecule is CCCC[Si](C)(C)O[Si](C)(C)CCCOCC(O)COCCC[Si](C)(C)O[Si](C)(C)CCCC. The molecule has 0 bridgehead atoms. The van der Waals surface area contributed by atoms with E-state index in [4.69, 9.17) is 17.7 Å². The second-order valence-electron chi connectivity index (χ2n) is 12.5. The van der Waals surface area contributed by atoms with E-state index in [9.17, 15) is 5.11 Å². The summed E-state index contributed by atoms with van der Waals surface area (Å²) in [5.41, 5.74) is 0. The van der Waals surface area contributed by atoms with Crippen molar-refractivity contribution in [1.29, 1.82) is 0 Å². The zero-order valence-corrected chi connectivity index (χ0v) is 28.6. The minimum Gasteiger partial charge on any atom is -0.455 e. The monoisotopic (exact) mass is 552 g/mol. The van der Waals surface area contributed by atoms with Crippen molar-refractivity contribution < 1.29 is 22.8 Å². The fourth-order valence-corrected chi connectivity index (χ4v) is 22.6. The zero-order chi connectivity index (χ0) is 26.3. The molecule has 0 fully saturated rings. The number of aliphatic hydroxyl groups excluding tert-OH is 1. The molecule has 0 saturated carbocycles. The lowest BCUT2D eigenvalue weighted by atomic mass is 10.4. The van der Waals surface area contributed by atoms with Gasteiger partial charge in [-0.15, -0.1) is 0 Å². The van der Waals surface area contributed by atoms with Crippen LogP contribution in [0.15, 0.2) is 0 Å². The van der Waals surface area contributed by atoms with Gasteiger partial charge in [0.2, 0.25) is 0 Å². The Labute approximate surface area is 217 Å². The Bertz CT molecular complexity index is 472. The Kier molecular flexibility index (Phi) is 17.6. The van der Waals surface area contributed by atoms with Crippen molar-refractivity contribution in [2.45, 2.75) is 135 Å². The lowest BCUT2D eigenvalue weighted by molar-refractivity contribution is -0.0186. The molecule has 0 aliphatic rings. The summed E-state index contributed by atoms with van der Waals surface area (Å²) in [5, 5.41) is 10.2. The molecule has 0 atom stereocenters. The minimum atomic E-state index is -1.64. The Morgan fingerprint density at radius 2 is 0.824 bits per heavy atom. The molecule has 0 aliphatic carbocycles. The van der Waals surface area contributed by atoms with Gasteiger partial charge in [-0.25, -0.2) is 0 Å². The number of aliphatic hydroxyl groups is 1. The molecular weight excluding hydrogens is 493 g/mol. The van der Waals surface area contributed by atoms with Crippen LogP contribution < -0.4 is 0 Å². The smallest absolute Gasteiger partial charge is 0.173 e. The van der Waals surface area contributed by atoms with Gasteiger partial charge in [0.05, 0.1) is 13.2 Å². The van der Waals surface area contributed by atoms with Crippen LogP contribution in [-0.2, 0) is 17.7 Å². The molecule has 0 rings (SSSR count). The number of hydrogen-bond donors (Lipinski definition) is 1. The third-order valence-electron chi connectivity index (χ3n) is 6.13. The van der Waals surface area contributed by atoms with E-state index in [-0.39, 0.29) is 0 Å². The molecule has 1 N–H and O–H groups in total. The van der Waals surface area contributed by atoms with Crippen molar-refractivity contribution in [3.05, 3.63) is 0 Å². The van der Waals surface area contributed by atoms with Crippen LogP contribution in [0.2, 0.25) is 76.6 Å². The second-order valence-corrected chi connectivity index (χ2v) is 30.2. The first kappa shape index (κ1) is 34.7. The molecule has 0 heterocycles. The van der Waals surface area contributed by atoms with Gasteiger partial charge in [0.25, 0.3) is 0 Å². The number of ether oxygens (including phenoxy) is 2. The summed E-state index contributed by atoms with van der Waals surface area (Å²) < 4.78 is 24.7. The first-order valence-electron chi connectivity index (χ1n) is 13.9. The molecule has 0 spiro atoms. The molecule has 0 aromatic carbocycles. The standard InChI is InChI=1S/C25H60O5Si4/c1-11-13-19-31(3,4)29-33(7,8)21-15-17-27-23-25(26)24-28-18-16-22-34(9,10)30-32(5,6)20-14-12-2/h25-26H,11-24H2,1-10H3. The summed E-state index contributed by atoms with van der Waals surface area (Å²) in [6.07, 6.45) is 6.50. The van der Waals surface area contributed by atoms with Crippen LogP contribution in [0.3, 0.4) is 0 Å². The van der Waals surface area contributed by atoms with Crippen LogP contribution in [-0.4, -0.2) is 70.9 Å². The third kappa shape index (κ3) is 19.8. The van der Waals surface area contributed by atoms with E-state index in [1.807, 2.05) is 0 Å². The summed E-state index contributed by atoms with van der Waals surface area (Å²) in [5.74, 6) is 0. The summed E-state index contributed by atoms with van der Waals surface area (Å²) in [6, 6.07) is 4.74. The molecule has 0 unspecified atom stereocenters. The largest absolute Gasteiger partial charge is 0.455 e. The number of hydrogen-bond acceptors (Lipinski definition) is 5. The topological polar surface area (TPSA) is 57.2 Å². The maximum absolute atomic E-state index is 10.2. The van der Waals surface area contributed by atoms with Crippen LogP contribution in [0.5, 0.6) is 0 Å². The predicted molar refractivity (Wildman–Crippen MR) is 158 cm³/mol. The summed E-state index contributed by atoms with van der Waals surface area (Å²) in [4.78, 5) is 0. The van der Waals surface area contributed by atoms with Crippen LogP contribution in [0.1, 0.15) is 52.4 Å². The number of rotatable bonds is 22. The average molecular weight is 553 g/mol. The summed E-state index contributed by atoms with van der Waals surface area (Å²) in [6.45, 7) is 25.3. The van der Waals surface area contributed by atoms with E-state index >= 15 is 0 Å². The maximum Gasteiger partial charge on any atom is 0.173 e. The Hall–Kier alpha value is 0.668. The highest BCUT2D eigenvalue weighted by Gasteiger charge is 2.33. The molecule has 0 aliphatic heterocycles. The fourth-order valence-electron chi connectivity index (χ4n) is 4.59. The van der Waals surface area contributed by atoms with E-state index in [1.54, 1.807) is 0 Å². The third-order valence-corrected chi connectivity index (χ3v) is 21.2. The van der Waals surface area contributed by atoms with Gasteiger partial charge in [-0.1, -0.05) is 39.5 Å². The summed E-state index contributed by atoms with van der Waals surface area (Å²) in [7, 11) is -6.36. The van der Waals surface area contributed by atoms with Crippen LogP contribution >= 0.6 is 0 Å². The first-order chi connectivity index (χ1) is 15.6. The van der Waals surface area contributed by atoms with Gasteiger partial charge in [-0.05, 0) is 89.4 Å². The van der Waals surface area contributed by atoms with Gasteiger partial charge >= 0.3 is 0 Å². The first-order valence-corrected chi connectivity index (χ1v) is 26.3. The second kappa shape index (κ2) is 17.2. The van der Waals surface area contributed by atoms with Crippen LogP contribution in [0.4, 0.5) is 0 Å². The van der Waals surface area contributed by atoms with E-state index < -0.39 is 39.4 Å². The van der Waals surface area contributed by atoms with Crippen molar-refractivity contribution in [1.82, 2.24) is 0 Å². The molecule has 0 aromatic rings. The highest BCUT2D eigenvalue weighted by molar-refractivity contribution is 6.85. The van der Waals surface area contributed by atoms with Crippen molar-refractivity contribution in [3.8, 4) is 0 Å². The minimum absolute atomic E-state index is 0.347. The van der Waals surface area contributed by atoms with Crippen molar-refractivity contribution in [2.24, 2.45) is 0 Å². The highest BCUT2D eigenvalue weighted by atomic mass is 28.4. The maximum atomic E-state index is 10.2. The quantitative estimate of drug-likeness (QED) is 0.111. The molecule has 0 amide bonds. The Morgan fingerprint density at radius 1 is 0.529 bits per heavy atom. The molecular formula is C25H60O5Si4. The fraction of sp³-hybridized carbons (Fsp3) is 1.00. The molecule has 0 radical (unpaired) electrons. The average Bonchev–Trinajstić information content (AvgIpc) is 2.68. The van der Waals surface area contributed by atoms with E-state index in [1.165, 1.54) is 37.8 Å². The van der Waals surface area contributed by atoms with E-state index in [0.717, 1.165) is 24.9 Å². The van der Waals surface area contributed by atoms with Gasteiger partial charge in [0.1, 0.15) is 6.10 Å². The Morgan fingerprint density at radius 3 is 1.12 bits per heavy atom. The molecule has 9 heteroatoms. The molecule has 0 saturated heterocycles. The van der Waals surface area contributed by atoms with Gasteiger partial charge < -0.3 is 22.8 Å². The van der Waals surface area contributed by atoms with Gasteiger partial charge in [0, 0.05) is 13.2 Å². The highest BCUT2D eigenvalue weighted by Crippen LogP contribution is 2.25. The van der Waals surface area contributed by atoms with Gasteiger partial charge in [0.15, 0.2) is 33.3 Å². The van der Waals surface area contributed by atoms with Crippen molar-refractivity contribution in [2.75, 3.05) is 26.4 Å². The zero-order valence-electron chi connectivity index (χ0n) is 24.6. The predicted octanol–water partition coefficient (Wildman–Crippen LogP) is 7.61. The summed E-state index contributed by atoms with van der Waals surface area (Å²) >= 11 is 0. The Balaban J connectivity index is 3.93. The molecule has 206 valence electrons. The van der Waals surface area contributed by atoms with E-state index in [2.05, 4.69) is 66.2 Å². The lowest BCUT2D eigenvalue weighted by Crippen LogP contribution is -2.44. The molecule has 5 nitrogen and oxygen atoms in total. The van der Waals surface area contributed by atoms with Crippen LogP contribution in [0, 0.1) is 0 Å². The lowest BCUT2D eigenvalue weighted by Gasteiger charge is -2.34. The van der Waals surface area contributed by atoms with Gasteiger partial charge in [-0.2, -0.15) is 0 Å². The number of unbranched alkanes of at least 4 members (excludes halogenated alkanes) is 2. The van der Waals surface area contributed by atoms with Crippen molar-refractivity contribution >= 4 is 33.3 Å².